The molecule has 1 aliphatic heterocycles. The van der Waals surface area contributed by atoms with E-state index in [2.05, 4.69) is 32.0 Å². The van der Waals surface area contributed by atoms with Crippen molar-refractivity contribution in [3.8, 4) is 17.1 Å². The summed E-state index contributed by atoms with van der Waals surface area (Å²) in [6, 6.07) is 7.56. The van der Waals surface area contributed by atoms with Gasteiger partial charge in [-0.05, 0) is 51.8 Å². The summed E-state index contributed by atoms with van der Waals surface area (Å²) in [4.78, 5) is 11.0. The molecule has 2 fully saturated rings. The third-order valence-electron chi connectivity index (χ3n) is 6.29. The molecule has 0 amide bonds. The van der Waals surface area contributed by atoms with Crippen LogP contribution < -0.4 is 9.64 Å². The van der Waals surface area contributed by atoms with Gasteiger partial charge in [0.1, 0.15) is 29.2 Å². The Morgan fingerprint density at radius 3 is 2.50 bits per heavy atom. The van der Waals surface area contributed by atoms with Crippen LogP contribution in [-0.2, 0) is 10.0 Å². The Morgan fingerprint density at radius 2 is 1.84 bits per heavy atom. The molecule has 3 aromatic rings. The van der Waals surface area contributed by atoms with Gasteiger partial charge in [0.2, 0.25) is 10.0 Å². The van der Waals surface area contributed by atoms with Crippen molar-refractivity contribution in [1.82, 2.24) is 24.5 Å². The molecule has 5 rings (SSSR count). The molecule has 1 aromatic carbocycles. The average molecular weight is 457 g/mol. The highest BCUT2D eigenvalue weighted by molar-refractivity contribution is 7.88. The molecule has 10 heteroatoms. The first-order valence-corrected chi connectivity index (χ1v) is 12.7. The maximum Gasteiger partial charge on any atom is 0.211 e. The van der Waals surface area contributed by atoms with Crippen LogP contribution in [0.15, 0.2) is 30.6 Å². The molecule has 0 spiro atoms. The van der Waals surface area contributed by atoms with Gasteiger partial charge >= 0.3 is 0 Å². The van der Waals surface area contributed by atoms with E-state index in [9.17, 15) is 8.42 Å². The largest absolute Gasteiger partial charge is 0.488 e. The highest BCUT2D eigenvalue weighted by Crippen LogP contribution is 2.40. The summed E-state index contributed by atoms with van der Waals surface area (Å²) in [5.74, 6) is 1.59. The minimum absolute atomic E-state index is 0.0544. The number of benzene rings is 1. The van der Waals surface area contributed by atoms with Crippen LogP contribution in [0.1, 0.15) is 33.6 Å². The van der Waals surface area contributed by atoms with E-state index in [4.69, 9.17) is 4.74 Å². The summed E-state index contributed by atoms with van der Waals surface area (Å²) in [6.07, 6.45) is 4.95. The Hall–Kier alpha value is -2.72. The summed E-state index contributed by atoms with van der Waals surface area (Å²) in [5.41, 5.74) is 2.31. The molecule has 1 saturated carbocycles. The number of ether oxygens (including phenoxy) is 1. The van der Waals surface area contributed by atoms with Crippen molar-refractivity contribution in [2.75, 3.05) is 24.2 Å². The molecule has 0 radical (unpaired) electrons. The van der Waals surface area contributed by atoms with Gasteiger partial charge in [0.15, 0.2) is 0 Å². The molecule has 0 bridgehead atoms. The number of nitrogens with one attached hydrogen (secondary N) is 1. The first kappa shape index (κ1) is 21.1. The van der Waals surface area contributed by atoms with Gasteiger partial charge in [-0.1, -0.05) is 0 Å². The summed E-state index contributed by atoms with van der Waals surface area (Å²) >= 11 is 0. The lowest BCUT2D eigenvalue weighted by molar-refractivity contribution is 0.200. The highest BCUT2D eigenvalue weighted by atomic mass is 32.2. The van der Waals surface area contributed by atoms with Gasteiger partial charge in [-0.25, -0.2) is 18.4 Å². The highest BCUT2D eigenvalue weighted by Gasteiger charge is 2.40. The maximum absolute atomic E-state index is 12.2. The zero-order valence-electron chi connectivity index (χ0n) is 18.7. The van der Waals surface area contributed by atoms with Crippen molar-refractivity contribution in [3.63, 3.8) is 0 Å². The van der Waals surface area contributed by atoms with Gasteiger partial charge < -0.3 is 9.64 Å². The van der Waals surface area contributed by atoms with Crippen LogP contribution in [-0.4, -0.2) is 69.9 Å². The van der Waals surface area contributed by atoms with Crippen LogP contribution in [0.2, 0.25) is 0 Å². The Morgan fingerprint density at radius 1 is 1.12 bits per heavy atom. The fraction of sp³-hybridized carbons (Fsp3) is 0.500. The van der Waals surface area contributed by atoms with Crippen molar-refractivity contribution in [1.29, 1.82) is 0 Å². The predicted molar refractivity (Wildman–Crippen MR) is 123 cm³/mol. The number of nitrogens with zero attached hydrogens (tertiary/aromatic N) is 5. The lowest BCUT2D eigenvalue weighted by Crippen LogP contribution is -2.58. The number of piperazine rings is 1. The van der Waals surface area contributed by atoms with Crippen molar-refractivity contribution in [3.05, 3.63) is 30.6 Å². The second kappa shape index (κ2) is 7.41. The Labute approximate surface area is 187 Å². The van der Waals surface area contributed by atoms with Crippen molar-refractivity contribution < 1.29 is 13.2 Å². The Kier molecular flexibility index (Phi) is 4.90. The number of anilines is 1. The number of hydrogen-bond acceptors (Lipinski definition) is 7. The Bertz CT molecular complexity index is 1260. The van der Waals surface area contributed by atoms with Crippen LogP contribution in [0.3, 0.4) is 0 Å². The Balaban J connectivity index is 1.44. The molecule has 3 heterocycles. The molecule has 1 N–H and O–H groups in total. The normalized spacial score (nSPS) is 23.4. The van der Waals surface area contributed by atoms with E-state index in [0.29, 0.717) is 18.8 Å². The van der Waals surface area contributed by atoms with Gasteiger partial charge in [0, 0.05) is 36.6 Å². The summed E-state index contributed by atoms with van der Waals surface area (Å²) in [5, 5.41) is 8.52. The predicted octanol–water partition coefficient (Wildman–Crippen LogP) is 2.81. The minimum Gasteiger partial charge on any atom is -0.488 e. The van der Waals surface area contributed by atoms with Crippen LogP contribution >= 0.6 is 0 Å². The molecule has 170 valence electrons. The number of rotatable bonds is 5. The SMILES string of the molecule is CC1CN(c2cc(-c3n[nH]c4ccc(OC5(C)CC5)cc34)ncn2)CC(C)N1S(C)(=O)=O. The zero-order chi connectivity index (χ0) is 22.7. The summed E-state index contributed by atoms with van der Waals surface area (Å²) in [7, 11) is -3.26. The lowest BCUT2D eigenvalue weighted by Gasteiger charge is -2.43. The molecular formula is C22H28N6O3S. The fourth-order valence-electron chi connectivity index (χ4n) is 4.61. The third kappa shape index (κ3) is 3.93. The van der Waals surface area contributed by atoms with E-state index < -0.39 is 10.0 Å². The average Bonchev–Trinajstić information content (AvgIpc) is 3.29. The van der Waals surface area contributed by atoms with Crippen molar-refractivity contribution in [2.45, 2.75) is 51.3 Å². The number of sulfonamides is 1. The van der Waals surface area contributed by atoms with Gasteiger partial charge in [-0.3, -0.25) is 5.10 Å². The number of aromatic nitrogens is 4. The smallest absolute Gasteiger partial charge is 0.211 e. The topological polar surface area (TPSA) is 104 Å². The fourth-order valence-corrected chi connectivity index (χ4v) is 6.05. The number of aromatic amines is 1. The van der Waals surface area contributed by atoms with E-state index in [1.165, 1.54) is 12.6 Å². The van der Waals surface area contributed by atoms with E-state index in [1.807, 2.05) is 38.1 Å². The van der Waals surface area contributed by atoms with Gasteiger partial charge in [0.25, 0.3) is 0 Å². The molecule has 1 saturated heterocycles. The van der Waals surface area contributed by atoms with E-state index >= 15 is 0 Å². The quantitative estimate of drug-likeness (QED) is 0.629. The standard InChI is InChI=1S/C22H28N6O3S/c1-14-11-27(12-15(2)28(14)32(4,29)30)20-10-19(23-13-24-20)21-17-9-16(31-22(3)7-8-22)5-6-18(17)25-26-21/h5-6,9-10,13-15H,7-8,11-12H2,1-4H3,(H,25,26). The molecule has 2 aromatic heterocycles. The number of fused-ring (bicyclic) bond motifs is 1. The van der Waals surface area contributed by atoms with Gasteiger partial charge in [-0.2, -0.15) is 9.40 Å². The first-order chi connectivity index (χ1) is 15.1. The van der Waals surface area contributed by atoms with Crippen LogP contribution in [0, 0.1) is 0 Å². The first-order valence-electron chi connectivity index (χ1n) is 10.9. The maximum atomic E-state index is 12.2. The van der Waals surface area contributed by atoms with Crippen LogP contribution in [0.25, 0.3) is 22.3 Å². The monoisotopic (exact) mass is 456 g/mol. The summed E-state index contributed by atoms with van der Waals surface area (Å²) in [6.45, 7) is 7.09. The van der Waals surface area contributed by atoms with Crippen LogP contribution in [0.4, 0.5) is 5.82 Å². The third-order valence-corrected chi connectivity index (χ3v) is 7.78. The minimum atomic E-state index is -3.26. The van der Waals surface area contributed by atoms with Gasteiger partial charge in [0.05, 0.1) is 17.5 Å². The summed E-state index contributed by atoms with van der Waals surface area (Å²) < 4.78 is 32.0. The molecule has 2 aliphatic rings. The van der Waals surface area contributed by atoms with E-state index in [1.54, 1.807) is 4.31 Å². The number of hydrogen-bond donors (Lipinski definition) is 1. The van der Waals surface area contributed by atoms with E-state index in [-0.39, 0.29) is 17.7 Å². The molecule has 32 heavy (non-hydrogen) atoms. The van der Waals surface area contributed by atoms with Crippen molar-refractivity contribution in [2.24, 2.45) is 0 Å². The molecule has 2 atom stereocenters. The van der Waals surface area contributed by atoms with Crippen LogP contribution in [0.5, 0.6) is 5.75 Å². The molecule has 2 unspecified atom stereocenters. The van der Waals surface area contributed by atoms with Crippen molar-refractivity contribution >= 4 is 26.7 Å². The number of H-pyrrole nitrogens is 1. The van der Waals surface area contributed by atoms with E-state index in [0.717, 1.165) is 41.0 Å². The molecular weight excluding hydrogens is 428 g/mol. The zero-order valence-corrected chi connectivity index (χ0v) is 19.6. The molecule has 1 aliphatic carbocycles. The lowest BCUT2D eigenvalue weighted by atomic mass is 10.1. The second-order valence-corrected chi connectivity index (χ2v) is 11.2. The molecule has 9 nitrogen and oxygen atoms in total. The van der Waals surface area contributed by atoms with Gasteiger partial charge in [-0.15, -0.1) is 0 Å². The second-order valence-electron chi connectivity index (χ2n) is 9.29.